The average Bonchev–Trinajstić information content (AvgIpc) is 2.68. The number of ether oxygens (including phenoxy) is 2. The van der Waals surface area contributed by atoms with Crippen molar-refractivity contribution in [2.24, 2.45) is 5.73 Å². The molecule has 0 amide bonds. The second-order valence-corrected chi connectivity index (χ2v) is 7.04. The van der Waals surface area contributed by atoms with Crippen molar-refractivity contribution in [1.29, 1.82) is 0 Å². The summed E-state index contributed by atoms with van der Waals surface area (Å²) in [7, 11) is 0. The molecule has 0 fully saturated rings. The van der Waals surface area contributed by atoms with E-state index in [0.29, 0.717) is 6.42 Å². The molecule has 0 spiro atoms. The number of carbonyl (C=O) groups excluding carboxylic acids is 3. The summed E-state index contributed by atoms with van der Waals surface area (Å²) >= 11 is 0. The zero-order chi connectivity index (χ0) is 21.2. The van der Waals surface area contributed by atoms with Gasteiger partial charge in [-0.25, -0.2) is 0 Å². The maximum atomic E-state index is 11.6. The van der Waals surface area contributed by atoms with Crippen LogP contribution in [-0.2, 0) is 23.9 Å². The van der Waals surface area contributed by atoms with Gasteiger partial charge in [-0.2, -0.15) is 0 Å². The summed E-state index contributed by atoms with van der Waals surface area (Å²) in [5.74, 6) is -2.07. The Morgan fingerprint density at radius 1 is 0.897 bits per heavy atom. The van der Waals surface area contributed by atoms with Gasteiger partial charge in [0.15, 0.2) is 0 Å². The first-order valence-corrected chi connectivity index (χ1v) is 10.3. The monoisotopic (exact) mass is 427 g/mol. The average molecular weight is 428 g/mol. The summed E-state index contributed by atoms with van der Waals surface area (Å²) in [6.07, 6.45) is 9.02. The molecule has 0 bridgehead atoms. The van der Waals surface area contributed by atoms with Gasteiger partial charge in [0.2, 0.25) is 0 Å². The van der Waals surface area contributed by atoms with Crippen molar-refractivity contribution < 1.29 is 34.1 Å². The number of hydrogen-bond acceptors (Lipinski definition) is 8. The molecule has 0 aliphatic rings. The standard InChI is InChI=1S/C20H37NO7.Na.H/c1-2-3-4-5-6-7-8-9-10-11-18(24)28-19(25)13-12-17(21)20(26)27-15-16(23)14-22;;/h16-17,22-23H,2-15,21H2,1H3;;/t16?,17-;;/m0../s1. The van der Waals surface area contributed by atoms with Gasteiger partial charge < -0.3 is 25.4 Å². The van der Waals surface area contributed by atoms with E-state index in [-0.39, 0.29) is 55.4 Å². The van der Waals surface area contributed by atoms with Crippen LogP contribution in [0, 0.1) is 0 Å². The third kappa shape index (κ3) is 19.2. The minimum atomic E-state index is -1.17. The van der Waals surface area contributed by atoms with Crippen LogP contribution < -0.4 is 5.73 Å². The van der Waals surface area contributed by atoms with E-state index in [1.54, 1.807) is 0 Å². The molecule has 4 N–H and O–H groups in total. The Kier molecular flexibility index (Phi) is 22.0. The van der Waals surface area contributed by atoms with E-state index in [9.17, 15) is 14.4 Å². The van der Waals surface area contributed by atoms with Crippen LogP contribution in [0.25, 0.3) is 0 Å². The summed E-state index contributed by atoms with van der Waals surface area (Å²) < 4.78 is 9.40. The molecule has 0 rings (SSSR count). The van der Waals surface area contributed by atoms with Crippen LogP contribution in [0.5, 0.6) is 0 Å². The SMILES string of the molecule is CCCCCCCCCCCC(=O)OC(=O)CC[C@H](N)C(=O)OCC(O)CO.[NaH]. The fourth-order valence-electron chi connectivity index (χ4n) is 2.54. The molecule has 1 unspecified atom stereocenters. The summed E-state index contributed by atoms with van der Waals surface area (Å²) in [4.78, 5) is 34.8. The molecule has 8 nitrogen and oxygen atoms in total. The van der Waals surface area contributed by atoms with Crippen molar-refractivity contribution in [3.8, 4) is 0 Å². The number of aliphatic hydroxyl groups excluding tert-OH is 2. The van der Waals surface area contributed by atoms with Crippen LogP contribution in [0.3, 0.4) is 0 Å². The van der Waals surface area contributed by atoms with Gasteiger partial charge in [-0.05, 0) is 12.8 Å². The Hall–Kier alpha value is -0.510. The zero-order valence-electron chi connectivity index (χ0n) is 17.1. The number of carbonyl (C=O) groups is 3. The van der Waals surface area contributed by atoms with Crippen molar-refractivity contribution in [3.63, 3.8) is 0 Å². The summed E-state index contributed by atoms with van der Waals surface area (Å²) in [5.41, 5.74) is 5.58. The van der Waals surface area contributed by atoms with Crippen molar-refractivity contribution in [2.45, 2.75) is 96.1 Å². The third-order valence-electron chi connectivity index (χ3n) is 4.30. The van der Waals surface area contributed by atoms with E-state index in [4.69, 9.17) is 20.7 Å². The molecule has 0 aliphatic heterocycles. The van der Waals surface area contributed by atoms with Crippen LogP contribution in [0.2, 0.25) is 0 Å². The van der Waals surface area contributed by atoms with Crippen molar-refractivity contribution in [1.82, 2.24) is 0 Å². The van der Waals surface area contributed by atoms with Gasteiger partial charge in [-0.3, -0.25) is 14.4 Å². The molecule has 29 heavy (non-hydrogen) atoms. The van der Waals surface area contributed by atoms with Gasteiger partial charge in [0.05, 0.1) is 6.61 Å². The predicted octanol–water partition coefficient (Wildman–Crippen LogP) is 1.33. The Morgan fingerprint density at radius 3 is 1.97 bits per heavy atom. The first-order valence-electron chi connectivity index (χ1n) is 10.3. The topological polar surface area (TPSA) is 136 Å². The number of esters is 3. The van der Waals surface area contributed by atoms with E-state index in [0.717, 1.165) is 12.8 Å². The summed E-state index contributed by atoms with van der Waals surface area (Å²) in [6.45, 7) is 1.29. The molecule has 9 heteroatoms. The van der Waals surface area contributed by atoms with E-state index in [2.05, 4.69) is 11.7 Å². The summed E-state index contributed by atoms with van der Waals surface area (Å²) in [5, 5.41) is 17.7. The summed E-state index contributed by atoms with van der Waals surface area (Å²) in [6, 6.07) is -1.06. The van der Waals surface area contributed by atoms with Gasteiger partial charge >= 0.3 is 47.5 Å². The molecule has 0 saturated carbocycles. The Balaban J connectivity index is 0. The molecule has 2 atom stereocenters. The number of rotatable bonds is 17. The molecule has 0 radical (unpaired) electrons. The molecule has 0 aliphatic carbocycles. The number of aliphatic hydroxyl groups is 2. The van der Waals surface area contributed by atoms with Gasteiger partial charge in [0.25, 0.3) is 0 Å². The Bertz CT molecular complexity index is 449. The number of nitrogens with two attached hydrogens (primary N) is 1. The van der Waals surface area contributed by atoms with E-state index < -0.39 is 36.7 Å². The van der Waals surface area contributed by atoms with Crippen LogP contribution in [0.1, 0.15) is 84.0 Å². The molecule has 0 aromatic heterocycles. The zero-order valence-corrected chi connectivity index (χ0v) is 17.1. The van der Waals surface area contributed by atoms with Crippen molar-refractivity contribution >= 4 is 47.5 Å². The van der Waals surface area contributed by atoms with Gasteiger partial charge in [-0.15, -0.1) is 0 Å². The van der Waals surface area contributed by atoms with Gasteiger partial charge in [0, 0.05) is 12.8 Å². The normalized spacial score (nSPS) is 12.6. The molecular weight excluding hydrogens is 389 g/mol. The third-order valence-corrected chi connectivity index (χ3v) is 4.30. The first kappa shape index (κ1) is 30.7. The fraction of sp³-hybridized carbons (Fsp3) is 0.850. The van der Waals surface area contributed by atoms with Gasteiger partial charge in [-0.1, -0.05) is 58.3 Å². The van der Waals surface area contributed by atoms with Crippen LogP contribution in [0.4, 0.5) is 0 Å². The number of hydrogen-bond donors (Lipinski definition) is 3. The molecule has 0 heterocycles. The molecule has 0 aromatic rings. The van der Waals surface area contributed by atoms with Crippen molar-refractivity contribution in [2.75, 3.05) is 13.2 Å². The first-order chi connectivity index (χ1) is 13.4. The number of unbranched alkanes of at least 4 members (excludes halogenated alkanes) is 8. The fourth-order valence-corrected chi connectivity index (χ4v) is 2.54. The minimum absolute atomic E-state index is 0. The second-order valence-electron chi connectivity index (χ2n) is 7.04. The van der Waals surface area contributed by atoms with E-state index >= 15 is 0 Å². The Morgan fingerprint density at radius 2 is 1.41 bits per heavy atom. The molecule has 0 aromatic carbocycles. The molecule has 166 valence electrons. The molecular formula is C20H38NNaO7. The van der Waals surface area contributed by atoms with E-state index in [1.165, 1.54) is 38.5 Å². The second kappa shape index (κ2) is 20.8. The maximum absolute atomic E-state index is 11.6. The van der Waals surface area contributed by atoms with Crippen LogP contribution in [-0.4, -0.2) is 83.0 Å². The predicted molar refractivity (Wildman–Crippen MR) is 111 cm³/mol. The quantitative estimate of drug-likeness (QED) is 0.137. The van der Waals surface area contributed by atoms with Crippen LogP contribution >= 0.6 is 0 Å². The van der Waals surface area contributed by atoms with Crippen molar-refractivity contribution in [3.05, 3.63) is 0 Å². The van der Waals surface area contributed by atoms with E-state index in [1.807, 2.05) is 0 Å². The Labute approximate surface area is 196 Å². The van der Waals surface area contributed by atoms with Gasteiger partial charge in [0.1, 0.15) is 18.8 Å². The molecule has 0 saturated heterocycles. The van der Waals surface area contributed by atoms with Crippen LogP contribution in [0.15, 0.2) is 0 Å².